The molecule has 0 atom stereocenters. The van der Waals surface area contributed by atoms with E-state index in [1.807, 2.05) is 6.92 Å². The Morgan fingerprint density at radius 1 is 1.29 bits per heavy atom. The van der Waals surface area contributed by atoms with Crippen molar-refractivity contribution in [1.29, 1.82) is 0 Å². The maximum absolute atomic E-state index is 6.07. The number of hydrogen-bond donors (Lipinski definition) is 1. The van der Waals surface area contributed by atoms with Crippen LogP contribution in [0.1, 0.15) is 43.1 Å². The first kappa shape index (κ1) is 11.5. The van der Waals surface area contributed by atoms with Gasteiger partial charge in [0.15, 0.2) is 0 Å². The van der Waals surface area contributed by atoms with Crippen LogP contribution in [0.2, 0.25) is 5.15 Å². The Balaban J connectivity index is 2.16. The molecule has 0 aliphatic heterocycles. The van der Waals surface area contributed by atoms with E-state index in [-0.39, 0.29) is 0 Å². The van der Waals surface area contributed by atoms with E-state index in [9.17, 15) is 0 Å². The molecular weight excluding hydrogens is 302 g/mol. The van der Waals surface area contributed by atoms with Crippen LogP contribution in [0.5, 0.6) is 0 Å². The number of aryl methyl sites for hydroxylation is 1. The fourth-order valence-corrected chi connectivity index (χ4v) is 3.34. The summed E-state index contributed by atoms with van der Waals surface area (Å²) in [5.74, 6) is 1.50. The molecule has 0 aromatic carbocycles. The first-order valence-corrected chi connectivity index (χ1v) is 7.05. The Morgan fingerprint density at radius 2 is 2.00 bits per heavy atom. The van der Waals surface area contributed by atoms with Gasteiger partial charge in [-0.3, -0.25) is 0 Å². The van der Waals surface area contributed by atoms with Gasteiger partial charge < -0.3 is 4.98 Å². The maximum Gasteiger partial charge on any atom is 0.143 e. The molecule has 5 heteroatoms. The summed E-state index contributed by atoms with van der Waals surface area (Å²) < 4.78 is 0.865. The van der Waals surface area contributed by atoms with Crippen LogP contribution in [0.15, 0.2) is 4.47 Å². The summed E-state index contributed by atoms with van der Waals surface area (Å²) in [6.07, 6.45) is 5.00. The first-order valence-electron chi connectivity index (χ1n) is 5.88. The molecule has 0 saturated heterocycles. The van der Waals surface area contributed by atoms with Gasteiger partial charge >= 0.3 is 0 Å². The van der Waals surface area contributed by atoms with Crippen molar-refractivity contribution in [3.05, 3.63) is 21.1 Å². The van der Waals surface area contributed by atoms with E-state index in [4.69, 9.17) is 11.6 Å². The number of halogens is 2. The third kappa shape index (κ3) is 1.87. The van der Waals surface area contributed by atoms with Gasteiger partial charge in [0.25, 0.3) is 0 Å². The van der Waals surface area contributed by atoms with E-state index in [0.29, 0.717) is 11.1 Å². The third-order valence-corrected chi connectivity index (χ3v) is 4.77. The fourth-order valence-electron chi connectivity index (χ4n) is 2.58. The van der Waals surface area contributed by atoms with E-state index in [0.717, 1.165) is 27.0 Å². The monoisotopic (exact) mass is 313 g/mol. The van der Waals surface area contributed by atoms with Crippen LogP contribution in [0.3, 0.4) is 0 Å². The van der Waals surface area contributed by atoms with Gasteiger partial charge in [-0.25, -0.2) is 9.97 Å². The lowest BCUT2D eigenvalue weighted by Crippen LogP contribution is -2.02. The third-order valence-electron chi connectivity index (χ3n) is 3.47. The smallest absolute Gasteiger partial charge is 0.143 e. The zero-order valence-corrected chi connectivity index (χ0v) is 11.9. The molecule has 3 rings (SSSR count). The number of aromatic amines is 1. The van der Waals surface area contributed by atoms with Gasteiger partial charge in [0.1, 0.15) is 16.6 Å². The lowest BCUT2D eigenvalue weighted by Gasteiger charge is -2.08. The summed E-state index contributed by atoms with van der Waals surface area (Å²) >= 11 is 9.53. The number of hydrogen-bond acceptors (Lipinski definition) is 2. The molecular formula is C12H13BrClN3. The Kier molecular flexibility index (Phi) is 2.87. The standard InChI is InChI=1S/C12H13BrClN3/c1-6-8-9(13)10(14)16-12(8)17-11(15-6)7-4-2-3-5-7/h7H,2-5H2,1H3,(H,15,16,17). The van der Waals surface area contributed by atoms with Crippen molar-refractivity contribution in [2.45, 2.75) is 38.5 Å². The molecule has 3 nitrogen and oxygen atoms in total. The molecule has 0 spiro atoms. The lowest BCUT2D eigenvalue weighted by atomic mass is 10.1. The van der Waals surface area contributed by atoms with Crippen LogP contribution in [-0.4, -0.2) is 15.0 Å². The highest BCUT2D eigenvalue weighted by Gasteiger charge is 2.22. The Morgan fingerprint density at radius 3 is 2.71 bits per heavy atom. The number of aromatic nitrogens is 3. The SMILES string of the molecule is Cc1nc(C2CCCC2)nc2[nH]c(Cl)c(Br)c12. The second kappa shape index (κ2) is 4.25. The van der Waals surface area contributed by atoms with Gasteiger partial charge in [0, 0.05) is 5.92 Å². The molecule has 2 aromatic rings. The number of nitrogens with one attached hydrogen (secondary N) is 1. The van der Waals surface area contributed by atoms with Crippen molar-refractivity contribution in [1.82, 2.24) is 15.0 Å². The molecule has 0 radical (unpaired) electrons. The van der Waals surface area contributed by atoms with Crippen molar-refractivity contribution in [3.63, 3.8) is 0 Å². The molecule has 1 fully saturated rings. The Labute approximate surface area is 113 Å². The Hall–Kier alpha value is -0.610. The van der Waals surface area contributed by atoms with E-state index in [1.165, 1.54) is 25.7 Å². The predicted molar refractivity (Wildman–Crippen MR) is 72.5 cm³/mol. The predicted octanol–water partition coefficient (Wildman–Crippen LogP) is 4.34. The molecule has 1 aliphatic rings. The summed E-state index contributed by atoms with van der Waals surface area (Å²) in [6.45, 7) is 2.01. The van der Waals surface area contributed by atoms with Crippen LogP contribution in [0.25, 0.3) is 11.0 Å². The molecule has 0 unspecified atom stereocenters. The minimum absolute atomic E-state index is 0.527. The van der Waals surface area contributed by atoms with Crippen molar-refractivity contribution in [3.8, 4) is 0 Å². The molecule has 17 heavy (non-hydrogen) atoms. The van der Waals surface area contributed by atoms with Crippen molar-refractivity contribution < 1.29 is 0 Å². The molecule has 0 amide bonds. The van der Waals surface area contributed by atoms with Crippen molar-refractivity contribution in [2.24, 2.45) is 0 Å². The maximum atomic E-state index is 6.07. The molecule has 1 saturated carbocycles. The summed E-state index contributed by atoms with van der Waals surface area (Å²) in [6, 6.07) is 0. The van der Waals surface area contributed by atoms with Gasteiger partial charge in [0.05, 0.1) is 15.6 Å². The van der Waals surface area contributed by atoms with Crippen LogP contribution in [-0.2, 0) is 0 Å². The molecule has 90 valence electrons. The van der Waals surface area contributed by atoms with Gasteiger partial charge in [-0.15, -0.1) is 0 Å². The summed E-state index contributed by atoms with van der Waals surface area (Å²) in [7, 11) is 0. The molecule has 1 N–H and O–H groups in total. The van der Waals surface area contributed by atoms with Gasteiger partial charge in [-0.05, 0) is 35.7 Å². The van der Waals surface area contributed by atoms with Gasteiger partial charge in [-0.1, -0.05) is 24.4 Å². The van der Waals surface area contributed by atoms with Crippen LogP contribution in [0.4, 0.5) is 0 Å². The number of nitrogens with zero attached hydrogens (tertiary/aromatic N) is 2. The van der Waals surface area contributed by atoms with Crippen molar-refractivity contribution in [2.75, 3.05) is 0 Å². The van der Waals surface area contributed by atoms with E-state index in [1.54, 1.807) is 0 Å². The quantitative estimate of drug-likeness (QED) is 0.850. The number of H-pyrrole nitrogens is 1. The highest BCUT2D eigenvalue weighted by Crippen LogP contribution is 2.36. The average Bonchev–Trinajstić information content (AvgIpc) is 2.88. The molecule has 2 heterocycles. The summed E-state index contributed by atoms with van der Waals surface area (Å²) in [5, 5.41) is 1.60. The van der Waals surface area contributed by atoms with Gasteiger partial charge in [-0.2, -0.15) is 0 Å². The van der Waals surface area contributed by atoms with E-state index >= 15 is 0 Å². The fraction of sp³-hybridized carbons (Fsp3) is 0.500. The zero-order chi connectivity index (χ0) is 12.0. The zero-order valence-electron chi connectivity index (χ0n) is 9.56. The molecule has 0 bridgehead atoms. The largest absolute Gasteiger partial charge is 0.329 e. The van der Waals surface area contributed by atoms with E-state index < -0.39 is 0 Å². The normalized spacial score (nSPS) is 17.1. The summed E-state index contributed by atoms with van der Waals surface area (Å²) in [4.78, 5) is 12.4. The topological polar surface area (TPSA) is 41.6 Å². The van der Waals surface area contributed by atoms with Crippen molar-refractivity contribution >= 4 is 38.6 Å². The Bertz CT molecular complexity index is 573. The minimum atomic E-state index is 0.527. The molecule has 1 aliphatic carbocycles. The minimum Gasteiger partial charge on any atom is -0.329 e. The number of fused-ring (bicyclic) bond motifs is 1. The van der Waals surface area contributed by atoms with Crippen LogP contribution in [0, 0.1) is 6.92 Å². The van der Waals surface area contributed by atoms with E-state index in [2.05, 4.69) is 30.9 Å². The second-order valence-corrected chi connectivity index (χ2v) is 5.80. The molecule has 2 aromatic heterocycles. The van der Waals surface area contributed by atoms with Crippen LogP contribution < -0.4 is 0 Å². The average molecular weight is 315 g/mol. The van der Waals surface area contributed by atoms with Gasteiger partial charge in [0.2, 0.25) is 0 Å². The highest BCUT2D eigenvalue weighted by atomic mass is 79.9. The van der Waals surface area contributed by atoms with Crippen LogP contribution >= 0.6 is 27.5 Å². The number of rotatable bonds is 1. The second-order valence-electron chi connectivity index (χ2n) is 4.63. The highest BCUT2D eigenvalue weighted by molar-refractivity contribution is 9.10. The lowest BCUT2D eigenvalue weighted by molar-refractivity contribution is 0.668. The first-order chi connectivity index (χ1) is 8.16. The summed E-state index contributed by atoms with van der Waals surface area (Å²) in [5.41, 5.74) is 1.84.